The first-order chi connectivity index (χ1) is 18.3. The number of hydrogen-bond donors (Lipinski definition) is 2. The van der Waals surface area contributed by atoms with Crippen LogP contribution in [0.2, 0.25) is 15.1 Å². The summed E-state index contributed by atoms with van der Waals surface area (Å²) in [6.45, 7) is 0.805. The molecule has 0 fully saturated rings. The quantitative estimate of drug-likeness (QED) is 0.236. The van der Waals surface area contributed by atoms with E-state index in [-0.39, 0.29) is 16.6 Å². The van der Waals surface area contributed by atoms with Crippen molar-refractivity contribution in [3.63, 3.8) is 0 Å². The normalized spacial score (nSPS) is 12.5. The van der Waals surface area contributed by atoms with Crippen LogP contribution in [0.5, 0.6) is 0 Å². The average Bonchev–Trinajstić information content (AvgIpc) is 2.87. The Labute approximate surface area is 238 Å². The number of carbonyl (C=O) groups excluding carboxylic acids is 3. The number of rotatable bonds is 11. The van der Waals surface area contributed by atoms with E-state index in [0.29, 0.717) is 21.9 Å². The lowest BCUT2D eigenvalue weighted by Crippen LogP contribution is -2.43. The van der Waals surface area contributed by atoms with Crippen molar-refractivity contribution in [1.82, 2.24) is 15.6 Å². The molecule has 1 unspecified atom stereocenters. The maximum Gasteiger partial charge on any atom is 0.406 e. The van der Waals surface area contributed by atoms with Gasteiger partial charge in [0.15, 0.2) is 0 Å². The van der Waals surface area contributed by atoms with Crippen molar-refractivity contribution < 1.29 is 32.3 Å². The Morgan fingerprint density at radius 1 is 1.08 bits per heavy atom. The summed E-state index contributed by atoms with van der Waals surface area (Å²) < 4.78 is 42.4. The van der Waals surface area contributed by atoms with Gasteiger partial charge in [-0.1, -0.05) is 59.1 Å². The van der Waals surface area contributed by atoms with Gasteiger partial charge in [0.05, 0.1) is 28.9 Å². The SMILES string of the molecule is COC(=O)NCC(NC(=O)CN(/N=C(\C)c1ccc(Cl)cc1)C(=O)CCCC(F)(F)F)c1cccc(Cl)c1Cl. The molecule has 2 rings (SSSR count). The zero-order chi connectivity index (χ0) is 29.2. The Kier molecular flexibility index (Phi) is 12.3. The number of alkyl carbamates (subject to hydrolysis) is 1. The lowest BCUT2D eigenvalue weighted by molar-refractivity contribution is -0.142. The number of carbonyl (C=O) groups is 3. The molecule has 8 nitrogen and oxygen atoms in total. The van der Waals surface area contributed by atoms with Crippen molar-refractivity contribution >= 4 is 58.4 Å². The Bertz CT molecular complexity index is 1190. The molecule has 14 heteroatoms. The first-order valence-electron chi connectivity index (χ1n) is 11.5. The molecule has 0 bridgehead atoms. The molecule has 1 atom stereocenters. The Hall–Kier alpha value is -3.02. The van der Waals surface area contributed by atoms with Crippen LogP contribution in [-0.2, 0) is 14.3 Å². The van der Waals surface area contributed by atoms with Gasteiger partial charge in [0.25, 0.3) is 0 Å². The molecule has 2 N–H and O–H groups in total. The van der Waals surface area contributed by atoms with E-state index in [0.717, 1.165) is 5.01 Å². The van der Waals surface area contributed by atoms with Crippen LogP contribution in [0.25, 0.3) is 0 Å². The van der Waals surface area contributed by atoms with Crippen molar-refractivity contribution in [2.75, 3.05) is 20.2 Å². The van der Waals surface area contributed by atoms with E-state index >= 15 is 0 Å². The Balaban J connectivity index is 2.28. The highest BCUT2D eigenvalue weighted by molar-refractivity contribution is 6.42. The molecule has 0 aliphatic rings. The summed E-state index contributed by atoms with van der Waals surface area (Å²) in [4.78, 5) is 37.5. The fourth-order valence-corrected chi connectivity index (χ4v) is 3.91. The van der Waals surface area contributed by atoms with Gasteiger partial charge in [-0.15, -0.1) is 0 Å². The van der Waals surface area contributed by atoms with Gasteiger partial charge in [-0.25, -0.2) is 9.80 Å². The molecule has 0 saturated heterocycles. The van der Waals surface area contributed by atoms with Crippen molar-refractivity contribution in [1.29, 1.82) is 0 Å². The molecule has 39 heavy (non-hydrogen) atoms. The molecule has 2 aromatic carbocycles. The summed E-state index contributed by atoms with van der Waals surface area (Å²) in [6, 6.07) is 10.3. The number of benzene rings is 2. The lowest BCUT2D eigenvalue weighted by Gasteiger charge is -2.23. The largest absolute Gasteiger partial charge is 0.453 e. The number of amides is 3. The molecular formula is C25H26Cl3F3N4O4. The first-order valence-corrected chi connectivity index (χ1v) is 12.7. The molecule has 2 aromatic rings. The van der Waals surface area contributed by atoms with Crippen molar-refractivity contribution in [2.45, 2.75) is 38.4 Å². The number of nitrogens with one attached hydrogen (secondary N) is 2. The molecular weight excluding hydrogens is 584 g/mol. The zero-order valence-corrected chi connectivity index (χ0v) is 23.2. The maximum atomic E-state index is 13.1. The van der Waals surface area contributed by atoms with Crippen molar-refractivity contribution in [3.8, 4) is 0 Å². The number of alkyl halides is 3. The summed E-state index contributed by atoms with van der Waals surface area (Å²) in [5, 5.41) is 10.9. The highest BCUT2D eigenvalue weighted by Crippen LogP contribution is 2.30. The van der Waals surface area contributed by atoms with Gasteiger partial charge < -0.3 is 15.4 Å². The third-order valence-corrected chi connectivity index (χ3v) is 6.38. The summed E-state index contributed by atoms with van der Waals surface area (Å²) >= 11 is 18.3. The second-order valence-electron chi connectivity index (χ2n) is 8.25. The van der Waals surface area contributed by atoms with E-state index in [4.69, 9.17) is 34.8 Å². The predicted molar refractivity (Wildman–Crippen MR) is 143 cm³/mol. The Morgan fingerprint density at radius 2 is 1.74 bits per heavy atom. The van der Waals surface area contributed by atoms with E-state index in [2.05, 4.69) is 20.5 Å². The molecule has 0 aromatic heterocycles. The van der Waals surface area contributed by atoms with E-state index in [1.165, 1.54) is 13.2 Å². The number of halogens is 6. The molecule has 0 aliphatic heterocycles. The van der Waals surface area contributed by atoms with Crippen LogP contribution >= 0.6 is 34.8 Å². The van der Waals surface area contributed by atoms with Gasteiger partial charge in [-0.3, -0.25) is 9.59 Å². The van der Waals surface area contributed by atoms with Crippen LogP contribution in [0, 0.1) is 0 Å². The number of hydrogen-bond acceptors (Lipinski definition) is 5. The highest BCUT2D eigenvalue weighted by atomic mass is 35.5. The molecule has 3 amide bonds. The van der Waals surface area contributed by atoms with Gasteiger partial charge in [-0.05, 0) is 42.7 Å². The molecule has 0 spiro atoms. The Morgan fingerprint density at radius 3 is 2.36 bits per heavy atom. The summed E-state index contributed by atoms with van der Waals surface area (Å²) in [6.07, 6.45) is -7.32. The molecule has 212 valence electrons. The predicted octanol–water partition coefficient (Wildman–Crippen LogP) is 6.15. The standard InChI is InChI=1S/C25H26Cl3F3N4O4/c1-15(16-8-10-17(26)11-9-16)34-35(22(37)7-4-12-25(29,30)31)14-21(36)33-20(13-32-24(38)39-2)18-5-3-6-19(27)23(18)28/h3,5-6,8-11,20H,4,7,12-14H2,1-2H3,(H,32,38)(H,33,36)/b34-15+. The second kappa shape index (κ2) is 14.9. The maximum absolute atomic E-state index is 13.1. The van der Waals surface area contributed by atoms with Crippen LogP contribution in [0.3, 0.4) is 0 Å². The number of hydrazone groups is 1. The van der Waals surface area contributed by atoms with Crippen LogP contribution in [0.15, 0.2) is 47.6 Å². The second-order valence-corrected chi connectivity index (χ2v) is 9.47. The van der Waals surface area contributed by atoms with Gasteiger partial charge in [0.2, 0.25) is 11.8 Å². The monoisotopic (exact) mass is 608 g/mol. The zero-order valence-electron chi connectivity index (χ0n) is 20.9. The fraction of sp³-hybridized carbons (Fsp3) is 0.360. The molecule has 0 saturated carbocycles. The minimum Gasteiger partial charge on any atom is -0.453 e. The van der Waals surface area contributed by atoms with E-state index < -0.39 is 55.9 Å². The van der Waals surface area contributed by atoms with E-state index in [1.807, 2.05) is 0 Å². The number of nitrogens with zero attached hydrogens (tertiary/aromatic N) is 2. The van der Waals surface area contributed by atoms with Gasteiger partial charge in [0.1, 0.15) is 6.54 Å². The van der Waals surface area contributed by atoms with Gasteiger partial charge in [0, 0.05) is 24.4 Å². The summed E-state index contributed by atoms with van der Waals surface area (Å²) in [5.74, 6) is -1.51. The molecule has 0 heterocycles. The summed E-state index contributed by atoms with van der Waals surface area (Å²) in [5.41, 5.74) is 1.28. The minimum absolute atomic E-state index is 0.132. The third-order valence-electron chi connectivity index (χ3n) is 5.29. The van der Waals surface area contributed by atoms with Crippen LogP contribution in [0.1, 0.15) is 43.4 Å². The fourth-order valence-electron chi connectivity index (χ4n) is 3.34. The topological polar surface area (TPSA) is 100 Å². The average molecular weight is 610 g/mol. The van der Waals surface area contributed by atoms with Crippen molar-refractivity contribution in [3.05, 3.63) is 68.7 Å². The van der Waals surface area contributed by atoms with Crippen LogP contribution in [0.4, 0.5) is 18.0 Å². The third kappa shape index (κ3) is 10.9. The number of ether oxygens (including phenoxy) is 1. The van der Waals surface area contributed by atoms with Crippen LogP contribution < -0.4 is 10.6 Å². The lowest BCUT2D eigenvalue weighted by atomic mass is 10.1. The van der Waals surface area contributed by atoms with Crippen LogP contribution in [-0.4, -0.2) is 55.0 Å². The molecule has 0 radical (unpaired) electrons. The highest BCUT2D eigenvalue weighted by Gasteiger charge is 2.28. The number of methoxy groups -OCH3 is 1. The van der Waals surface area contributed by atoms with Gasteiger partial charge >= 0.3 is 12.3 Å². The van der Waals surface area contributed by atoms with Gasteiger partial charge in [-0.2, -0.15) is 18.3 Å². The minimum atomic E-state index is -4.43. The molecule has 0 aliphatic carbocycles. The van der Waals surface area contributed by atoms with E-state index in [1.54, 1.807) is 43.3 Å². The first kappa shape index (κ1) is 32.2. The summed E-state index contributed by atoms with van der Waals surface area (Å²) in [7, 11) is 1.17. The smallest absolute Gasteiger partial charge is 0.406 e. The van der Waals surface area contributed by atoms with E-state index in [9.17, 15) is 27.6 Å². The van der Waals surface area contributed by atoms with Crippen molar-refractivity contribution in [2.24, 2.45) is 5.10 Å².